The van der Waals surface area contributed by atoms with Gasteiger partial charge in [-0.15, -0.1) is 11.3 Å². The number of carbonyl (C=O) groups is 1. The predicted octanol–water partition coefficient (Wildman–Crippen LogP) is 1.73. The number of nitrogens with one attached hydrogen (secondary N) is 1. The van der Waals surface area contributed by atoms with Gasteiger partial charge in [-0.2, -0.15) is 0 Å². The van der Waals surface area contributed by atoms with Crippen molar-refractivity contribution >= 4 is 17.2 Å². The van der Waals surface area contributed by atoms with Gasteiger partial charge in [0.25, 0.3) is 5.91 Å². The van der Waals surface area contributed by atoms with Crippen LogP contribution in [0.2, 0.25) is 0 Å². The average molecular weight is 286 g/mol. The average Bonchev–Trinajstić information content (AvgIpc) is 2.96. The smallest absolute Gasteiger partial charge is 0.251 e. The van der Waals surface area contributed by atoms with Crippen LogP contribution in [-0.4, -0.2) is 22.6 Å². The van der Waals surface area contributed by atoms with Crippen molar-refractivity contribution in [2.45, 2.75) is 13.5 Å². The van der Waals surface area contributed by atoms with E-state index in [-0.39, 0.29) is 12.5 Å². The Bertz CT molecular complexity index is 654. The molecule has 102 valence electrons. The Balaban J connectivity index is 2.05. The van der Waals surface area contributed by atoms with Crippen LogP contribution in [0.3, 0.4) is 0 Å². The lowest BCUT2D eigenvalue weighted by Gasteiger charge is -2.05. The number of benzene rings is 1. The van der Waals surface area contributed by atoms with E-state index < -0.39 is 0 Å². The zero-order chi connectivity index (χ0) is 14.4. The van der Waals surface area contributed by atoms with Crippen LogP contribution in [0.5, 0.6) is 0 Å². The molecule has 4 nitrogen and oxygen atoms in total. The Labute approximate surface area is 121 Å². The summed E-state index contributed by atoms with van der Waals surface area (Å²) in [5, 5.41) is 11.5. The molecule has 1 aromatic heterocycles. The Hall–Kier alpha value is -2.16. The van der Waals surface area contributed by atoms with Gasteiger partial charge < -0.3 is 10.4 Å². The number of aromatic nitrogens is 1. The SMILES string of the molecule is Cc1cc(C(=O)NCc2cncs2)ccc1C#CCO. The third-order valence-corrected chi connectivity index (χ3v) is 3.48. The third-order valence-electron chi connectivity index (χ3n) is 2.70. The van der Waals surface area contributed by atoms with Crippen molar-refractivity contribution < 1.29 is 9.90 Å². The van der Waals surface area contributed by atoms with E-state index >= 15 is 0 Å². The number of hydrogen-bond acceptors (Lipinski definition) is 4. The van der Waals surface area contributed by atoms with E-state index in [0.717, 1.165) is 16.0 Å². The van der Waals surface area contributed by atoms with Gasteiger partial charge in [-0.25, -0.2) is 0 Å². The van der Waals surface area contributed by atoms with Crippen molar-refractivity contribution in [1.29, 1.82) is 0 Å². The molecule has 1 heterocycles. The maximum atomic E-state index is 12.0. The van der Waals surface area contributed by atoms with Crippen LogP contribution in [0.25, 0.3) is 0 Å². The Morgan fingerprint density at radius 2 is 2.35 bits per heavy atom. The number of thiazole rings is 1. The highest BCUT2D eigenvalue weighted by molar-refractivity contribution is 7.09. The summed E-state index contributed by atoms with van der Waals surface area (Å²) in [6.45, 7) is 2.20. The molecule has 5 heteroatoms. The van der Waals surface area contributed by atoms with Crippen LogP contribution in [0.1, 0.15) is 26.4 Å². The largest absolute Gasteiger partial charge is 0.384 e. The lowest BCUT2D eigenvalue weighted by molar-refractivity contribution is 0.0951. The molecule has 2 aromatic rings. The zero-order valence-electron chi connectivity index (χ0n) is 11.0. The maximum Gasteiger partial charge on any atom is 0.251 e. The van der Waals surface area contributed by atoms with Gasteiger partial charge in [-0.1, -0.05) is 11.8 Å². The molecular weight excluding hydrogens is 272 g/mol. The van der Waals surface area contributed by atoms with Gasteiger partial charge in [0.1, 0.15) is 6.61 Å². The summed E-state index contributed by atoms with van der Waals surface area (Å²) in [7, 11) is 0. The minimum absolute atomic E-state index is 0.122. The molecule has 2 rings (SSSR count). The number of aliphatic hydroxyl groups is 1. The van der Waals surface area contributed by atoms with Crippen molar-refractivity contribution in [3.63, 3.8) is 0 Å². The monoisotopic (exact) mass is 286 g/mol. The van der Waals surface area contributed by atoms with Crippen LogP contribution in [0, 0.1) is 18.8 Å². The first-order valence-corrected chi connectivity index (χ1v) is 6.94. The maximum absolute atomic E-state index is 12.0. The van der Waals surface area contributed by atoms with Gasteiger partial charge in [0, 0.05) is 22.2 Å². The standard InChI is InChI=1S/C15H14N2O2S/c1-11-7-13(5-4-12(11)3-2-6-18)15(19)17-9-14-8-16-10-20-14/h4-5,7-8,10,18H,6,9H2,1H3,(H,17,19). The number of amides is 1. The highest BCUT2D eigenvalue weighted by atomic mass is 32.1. The summed E-state index contributed by atoms with van der Waals surface area (Å²) < 4.78 is 0. The molecule has 1 aromatic carbocycles. The molecule has 2 N–H and O–H groups in total. The van der Waals surface area contributed by atoms with Gasteiger partial charge in [0.15, 0.2) is 0 Å². The molecule has 0 aliphatic heterocycles. The van der Waals surface area contributed by atoms with E-state index in [4.69, 9.17) is 5.11 Å². The molecule has 20 heavy (non-hydrogen) atoms. The molecule has 0 radical (unpaired) electrons. The van der Waals surface area contributed by atoms with Crippen LogP contribution in [-0.2, 0) is 6.54 Å². The highest BCUT2D eigenvalue weighted by Crippen LogP contribution is 2.11. The summed E-state index contributed by atoms with van der Waals surface area (Å²) in [4.78, 5) is 17.0. The fourth-order valence-corrected chi connectivity index (χ4v) is 2.21. The molecule has 0 saturated carbocycles. The molecule has 0 fully saturated rings. The number of aryl methyl sites for hydroxylation is 1. The molecule has 0 unspecified atom stereocenters. The van der Waals surface area contributed by atoms with Crippen molar-refractivity contribution in [2.24, 2.45) is 0 Å². The Morgan fingerprint density at radius 3 is 3.00 bits per heavy atom. The lowest BCUT2D eigenvalue weighted by atomic mass is 10.0. The van der Waals surface area contributed by atoms with Crippen molar-refractivity contribution in [3.8, 4) is 11.8 Å². The second kappa shape index (κ2) is 6.85. The minimum Gasteiger partial charge on any atom is -0.384 e. The topological polar surface area (TPSA) is 62.2 Å². The Morgan fingerprint density at radius 1 is 1.50 bits per heavy atom. The summed E-state index contributed by atoms with van der Waals surface area (Å²) in [5.74, 6) is 5.32. The summed E-state index contributed by atoms with van der Waals surface area (Å²) in [5.41, 5.74) is 4.07. The molecule has 0 aliphatic rings. The minimum atomic E-state index is -0.170. The normalized spacial score (nSPS) is 9.70. The molecule has 0 bridgehead atoms. The van der Waals surface area contributed by atoms with E-state index in [1.54, 1.807) is 29.9 Å². The number of hydrogen-bond donors (Lipinski definition) is 2. The highest BCUT2D eigenvalue weighted by Gasteiger charge is 2.07. The fraction of sp³-hybridized carbons (Fsp3) is 0.200. The van der Waals surface area contributed by atoms with E-state index in [0.29, 0.717) is 12.1 Å². The second-order valence-electron chi connectivity index (χ2n) is 4.14. The first kappa shape index (κ1) is 14.3. The van der Waals surface area contributed by atoms with Crippen molar-refractivity contribution in [1.82, 2.24) is 10.3 Å². The van der Waals surface area contributed by atoms with Crippen LogP contribution in [0.15, 0.2) is 29.9 Å². The summed E-state index contributed by atoms with van der Waals surface area (Å²) >= 11 is 1.51. The quantitative estimate of drug-likeness (QED) is 0.845. The molecule has 0 saturated heterocycles. The van der Waals surface area contributed by atoms with Crippen LogP contribution < -0.4 is 5.32 Å². The molecule has 1 amide bonds. The van der Waals surface area contributed by atoms with Gasteiger partial charge >= 0.3 is 0 Å². The molecule has 0 aliphatic carbocycles. The molecular formula is C15H14N2O2S. The second-order valence-corrected chi connectivity index (χ2v) is 5.11. The number of nitrogens with zero attached hydrogens (tertiary/aromatic N) is 1. The van der Waals surface area contributed by atoms with E-state index in [9.17, 15) is 4.79 Å². The molecule has 0 atom stereocenters. The van der Waals surface area contributed by atoms with Crippen molar-refractivity contribution in [2.75, 3.05) is 6.61 Å². The Kier molecular flexibility index (Phi) is 4.88. The first-order valence-electron chi connectivity index (χ1n) is 6.06. The summed E-state index contributed by atoms with van der Waals surface area (Å²) in [6.07, 6.45) is 1.74. The van der Waals surface area contributed by atoms with E-state index in [2.05, 4.69) is 22.1 Å². The zero-order valence-corrected chi connectivity index (χ0v) is 11.8. The first-order chi connectivity index (χ1) is 9.70. The van der Waals surface area contributed by atoms with Crippen molar-refractivity contribution in [3.05, 3.63) is 51.5 Å². The molecule has 0 spiro atoms. The summed E-state index contributed by atoms with van der Waals surface area (Å²) in [6, 6.07) is 5.32. The van der Waals surface area contributed by atoms with Crippen LogP contribution in [0.4, 0.5) is 0 Å². The number of rotatable bonds is 3. The third kappa shape index (κ3) is 3.67. The van der Waals surface area contributed by atoms with Gasteiger partial charge in [-0.05, 0) is 30.7 Å². The van der Waals surface area contributed by atoms with Gasteiger partial charge in [0.05, 0.1) is 12.1 Å². The predicted molar refractivity (Wildman–Crippen MR) is 78.4 cm³/mol. The fourth-order valence-electron chi connectivity index (χ4n) is 1.68. The van der Waals surface area contributed by atoms with E-state index in [1.807, 2.05) is 6.92 Å². The number of aliphatic hydroxyl groups excluding tert-OH is 1. The number of carbonyl (C=O) groups excluding carboxylic acids is 1. The van der Waals surface area contributed by atoms with E-state index in [1.165, 1.54) is 11.3 Å². The van der Waals surface area contributed by atoms with Crippen LogP contribution >= 0.6 is 11.3 Å². The van der Waals surface area contributed by atoms with Gasteiger partial charge in [-0.3, -0.25) is 9.78 Å². The lowest BCUT2D eigenvalue weighted by Crippen LogP contribution is -2.22. The van der Waals surface area contributed by atoms with Gasteiger partial charge in [0.2, 0.25) is 0 Å².